The summed E-state index contributed by atoms with van der Waals surface area (Å²) in [4.78, 5) is 14.9. The molecule has 0 saturated carbocycles. The van der Waals surface area contributed by atoms with Gasteiger partial charge in [0.15, 0.2) is 11.6 Å². The van der Waals surface area contributed by atoms with Crippen LogP contribution in [0.1, 0.15) is 25.3 Å². The van der Waals surface area contributed by atoms with Crippen molar-refractivity contribution in [2.24, 2.45) is 5.92 Å². The normalized spacial score (nSPS) is 16.8. The second-order valence-corrected chi connectivity index (χ2v) is 7.03. The van der Waals surface area contributed by atoms with Crippen LogP contribution in [-0.2, 0) is 11.2 Å². The molecule has 0 aliphatic carbocycles. The molecule has 4 rings (SSSR count). The molecule has 1 N–H and O–H groups in total. The topological polar surface area (TPSA) is 75.9 Å². The molecule has 0 bridgehead atoms. The van der Waals surface area contributed by atoms with Gasteiger partial charge in [-0.15, -0.1) is 10.2 Å². The Kier molecular flexibility index (Phi) is 5.32. The summed E-state index contributed by atoms with van der Waals surface area (Å²) in [6, 6.07) is 13.7. The van der Waals surface area contributed by atoms with Gasteiger partial charge >= 0.3 is 0 Å². The summed E-state index contributed by atoms with van der Waals surface area (Å²) in [5.74, 6) is 1.47. The van der Waals surface area contributed by atoms with Gasteiger partial charge in [0.25, 0.3) is 0 Å². The van der Waals surface area contributed by atoms with Crippen molar-refractivity contribution in [3.63, 3.8) is 0 Å². The third-order valence-corrected chi connectivity index (χ3v) is 5.12. The lowest BCUT2D eigenvalue weighted by Gasteiger charge is -2.32. The first-order valence-corrected chi connectivity index (χ1v) is 9.71. The zero-order valence-electron chi connectivity index (χ0n) is 16.0. The summed E-state index contributed by atoms with van der Waals surface area (Å²) in [5.41, 5.74) is 2.11. The van der Waals surface area contributed by atoms with E-state index in [-0.39, 0.29) is 11.8 Å². The number of hydrogen-bond donors (Lipinski definition) is 1. The molecule has 1 aliphatic rings. The Bertz CT molecular complexity index is 905. The van der Waals surface area contributed by atoms with Crippen molar-refractivity contribution in [3.05, 3.63) is 60.4 Å². The predicted molar refractivity (Wildman–Crippen MR) is 109 cm³/mol. The molecule has 1 aromatic carbocycles. The largest absolute Gasteiger partial charge is 0.354 e. The molecular weight excluding hydrogens is 352 g/mol. The minimum absolute atomic E-state index is 0.0628. The average molecular weight is 376 g/mol. The highest BCUT2D eigenvalue weighted by Gasteiger charge is 2.26. The molecule has 7 nitrogen and oxygen atoms in total. The van der Waals surface area contributed by atoms with Crippen LogP contribution < -0.4 is 10.2 Å². The van der Waals surface area contributed by atoms with Crippen molar-refractivity contribution < 1.29 is 4.79 Å². The molecule has 0 radical (unpaired) electrons. The molecular formula is C21H24N6O. The zero-order valence-corrected chi connectivity index (χ0v) is 16.0. The summed E-state index contributed by atoms with van der Waals surface area (Å²) < 4.78 is 1.67. The van der Waals surface area contributed by atoms with Gasteiger partial charge in [-0.1, -0.05) is 19.1 Å². The van der Waals surface area contributed by atoms with E-state index in [4.69, 9.17) is 0 Å². The molecule has 3 aromatic rings. The van der Waals surface area contributed by atoms with E-state index in [9.17, 15) is 4.79 Å². The van der Waals surface area contributed by atoms with Crippen LogP contribution in [0, 0.1) is 5.92 Å². The fourth-order valence-electron chi connectivity index (χ4n) is 3.48. The molecule has 1 saturated heterocycles. The molecule has 1 atom stereocenters. The van der Waals surface area contributed by atoms with E-state index >= 15 is 0 Å². The molecule has 0 spiro atoms. The van der Waals surface area contributed by atoms with Crippen LogP contribution in [0.15, 0.2) is 54.9 Å². The molecule has 7 heteroatoms. The highest BCUT2D eigenvalue weighted by molar-refractivity contribution is 5.93. The Balaban J connectivity index is 1.40. The molecule has 144 valence electrons. The fraction of sp³-hybridized carbons (Fsp3) is 0.333. The number of hydrogen-bond acceptors (Lipinski definition) is 5. The second-order valence-electron chi connectivity index (χ2n) is 7.03. The van der Waals surface area contributed by atoms with Gasteiger partial charge in [-0.25, -0.2) is 4.68 Å². The van der Waals surface area contributed by atoms with Crippen LogP contribution in [0.2, 0.25) is 0 Å². The van der Waals surface area contributed by atoms with Gasteiger partial charge in [0.05, 0.1) is 5.92 Å². The second kappa shape index (κ2) is 8.21. The van der Waals surface area contributed by atoms with Crippen molar-refractivity contribution >= 4 is 17.4 Å². The molecule has 1 fully saturated rings. The van der Waals surface area contributed by atoms with Crippen molar-refractivity contribution in [2.45, 2.75) is 26.2 Å². The summed E-state index contributed by atoms with van der Waals surface area (Å²) in [7, 11) is 0. The third-order valence-electron chi connectivity index (χ3n) is 5.12. The number of rotatable bonds is 5. The molecule has 1 unspecified atom stereocenters. The van der Waals surface area contributed by atoms with Gasteiger partial charge in [-0.3, -0.25) is 4.79 Å². The monoisotopic (exact) mass is 376 g/mol. The van der Waals surface area contributed by atoms with E-state index in [1.165, 1.54) is 5.56 Å². The number of anilines is 2. The standard InChI is InChI=1S/C21H24N6O/c1-2-16-6-8-18(9-7-16)23-21(28)17-5-3-13-26(15-17)19-10-11-20(25-24-19)27-14-4-12-22-27/h4,6-12,14,17H,2-3,5,13,15H2,1H3,(H,23,28). The number of aromatic nitrogens is 4. The summed E-state index contributed by atoms with van der Waals surface area (Å²) >= 11 is 0. The maximum Gasteiger partial charge on any atom is 0.229 e. The van der Waals surface area contributed by atoms with Gasteiger partial charge in [-0.05, 0) is 55.2 Å². The van der Waals surface area contributed by atoms with Gasteiger partial charge in [-0.2, -0.15) is 5.10 Å². The van der Waals surface area contributed by atoms with Gasteiger partial charge in [0.2, 0.25) is 5.91 Å². The third kappa shape index (κ3) is 4.03. The molecule has 3 heterocycles. The Hall–Kier alpha value is -3.22. The number of nitrogens with zero attached hydrogens (tertiary/aromatic N) is 5. The van der Waals surface area contributed by atoms with E-state index in [0.717, 1.165) is 37.3 Å². The Morgan fingerprint density at radius 2 is 1.93 bits per heavy atom. The minimum Gasteiger partial charge on any atom is -0.354 e. The van der Waals surface area contributed by atoms with E-state index in [1.54, 1.807) is 10.9 Å². The number of amides is 1. The SMILES string of the molecule is CCc1ccc(NC(=O)C2CCCN(c3ccc(-n4cccn4)nn3)C2)cc1. The lowest BCUT2D eigenvalue weighted by Crippen LogP contribution is -2.41. The first-order chi connectivity index (χ1) is 13.7. The van der Waals surface area contributed by atoms with Crippen LogP contribution in [0.3, 0.4) is 0 Å². The van der Waals surface area contributed by atoms with Crippen LogP contribution in [-0.4, -0.2) is 39.0 Å². The summed E-state index contributed by atoms with van der Waals surface area (Å²) in [5, 5.41) is 15.8. The van der Waals surface area contributed by atoms with Crippen LogP contribution >= 0.6 is 0 Å². The highest BCUT2D eigenvalue weighted by Crippen LogP contribution is 2.23. The van der Waals surface area contributed by atoms with Crippen molar-refractivity contribution in [1.82, 2.24) is 20.0 Å². The lowest BCUT2D eigenvalue weighted by molar-refractivity contribution is -0.120. The number of piperidine rings is 1. The number of carbonyl (C=O) groups excluding carboxylic acids is 1. The van der Waals surface area contributed by atoms with E-state index in [0.29, 0.717) is 12.4 Å². The van der Waals surface area contributed by atoms with Crippen LogP contribution in [0.5, 0.6) is 0 Å². The maximum atomic E-state index is 12.7. The predicted octanol–water partition coefficient (Wildman–Crippen LogP) is 3.08. The summed E-state index contributed by atoms with van der Waals surface area (Å²) in [6.45, 7) is 3.65. The molecule has 1 aliphatic heterocycles. The molecule has 1 amide bonds. The number of benzene rings is 1. The Morgan fingerprint density at radius 3 is 2.61 bits per heavy atom. The van der Waals surface area contributed by atoms with Crippen LogP contribution in [0.25, 0.3) is 5.82 Å². The van der Waals surface area contributed by atoms with Gasteiger partial charge < -0.3 is 10.2 Å². The lowest BCUT2D eigenvalue weighted by atomic mass is 9.97. The average Bonchev–Trinajstić information content (AvgIpc) is 3.29. The number of carbonyl (C=O) groups is 1. The van der Waals surface area contributed by atoms with E-state index in [1.807, 2.05) is 36.5 Å². The maximum absolute atomic E-state index is 12.7. The van der Waals surface area contributed by atoms with Gasteiger partial charge in [0.1, 0.15) is 0 Å². The molecule has 2 aromatic heterocycles. The van der Waals surface area contributed by atoms with Crippen molar-refractivity contribution in [1.29, 1.82) is 0 Å². The first-order valence-electron chi connectivity index (χ1n) is 9.71. The smallest absolute Gasteiger partial charge is 0.229 e. The first kappa shape index (κ1) is 18.2. The minimum atomic E-state index is -0.0628. The fourth-order valence-corrected chi connectivity index (χ4v) is 3.48. The number of nitrogens with one attached hydrogen (secondary N) is 1. The Labute approximate surface area is 164 Å². The van der Waals surface area contributed by atoms with Crippen molar-refractivity contribution in [2.75, 3.05) is 23.3 Å². The zero-order chi connectivity index (χ0) is 19.3. The number of aryl methyl sites for hydroxylation is 1. The summed E-state index contributed by atoms with van der Waals surface area (Å²) in [6.07, 6.45) is 6.37. The highest BCUT2D eigenvalue weighted by atomic mass is 16.1. The van der Waals surface area contributed by atoms with Gasteiger partial charge in [0, 0.05) is 31.2 Å². The Morgan fingerprint density at radius 1 is 1.14 bits per heavy atom. The van der Waals surface area contributed by atoms with Crippen molar-refractivity contribution in [3.8, 4) is 5.82 Å². The van der Waals surface area contributed by atoms with E-state index < -0.39 is 0 Å². The van der Waals surface area contributed by atoms with E-state index in [2.05, 4.69) is 44.6 Å². The molecule has 28 heavy (non-hydrogen) atoms. The van der Waals surface area contributed by atoms with Crippen LogP contribution in [0.4, 0.5) is 11.5 Å². The quantitative estimate of drug-likeness (QED) is 0.741.